The van der Waals surface area contributed by atoms with Gasteiger partial charge >= 0.3 is 5.97 Å². The van der Waals surface area contributed by atoms with E-state index in [1.54, 1.807) is 18.3 Å². The summed E-state index contributed by atoms with van der Waals surface area (Å²) in [6, 6.07) is 11.2. The SMILES string of the molecule is NC(=O)c1ccc(-c2c(CN3CCC(C(=O)O)CC3)[nH]c3ncccc23)cc1. The number of hydrogen-bond acceptors (Lipinski definition) is 4. The number of aliphatic carboxylic acids is 1. The Bertz CT molecular complexity index is 1020. The van der Waals surface area contributed by atoms with Gasteiger partial charge in [-0.3, -0.25) is 14.5 Å². The maximum Gasteiger partial charge on any atom is 0.306 e. The van der Waals surface area contributed by atoms with Crippen LogP contribution in [0.1, 0.15) is 28.9 Å². The van der Waals surface area contributed by atoms with Gasteiger partial charge in [0.05, 0.1) is 5.92 Å². The average molecular weight is 378 g/mol. The molecule has 1 amide bonds. The molecule has 4 rings (SSSR count). The minimum absolute atomic E-state index is 0.249. The number of likely N-dealkylation sites (tertiary alicyclic amines) is 1. The number of H-pyrrole nitrogens is 1. The monoisotopic (exact) mass is 378 g/mol. The van der Waals surface area contributed by atoms with Crippen LogP contribution in [-0.4, -0.2) is 44.9 Å². The summed E-state index contributed by atoms with van der Waals surface area (Å²) in [6.45, 7) is 2.19. The van der Waals surface area contributed by atoms with Crippen LogP contribution in [0, 0.1) is 5.92 Å². The number of carbonyl (C=O) groups excluding carboxylic acids is 1. The number of nitrogens with zero attached hydrogens (tertiary/aromatic N) is 2. The predicted molar refractivity (Wildman–Crippen MR) is 106 cm³/mol. The molecule has 0 aliphatic carbocycles. The molecular weight excluding hydrogens is 356 g/mol. The number of amides is 1. The first kappa shape index (κ1) is 18.2. The normalized spacial score (nSPS) is 15.7. The van der Waals surface area contributed by atoms with Crippen molar-refractivity contribution in [3.8, 4) is 11.1 Å². The van der Waals surface area contributed by atoms with E-state index < -0.39 is 11.9 Å². The molecule has 0 atom stereocenters. The van der Waals surface area contributed by atoms with Crippen molar-refractivity contribution in [3.63, 3.8) is 0 Å². The molecule has 0 saturated carbocycles. The molecule has 1 fully saturated rings. The molecule has 3 aromatic rings. The van der Waals surface area contributed by atoms with E-state index in [0.29, 0.717) is 24.9 Å². The number of hydrogen-bond donors (Lipinski definition) is 3. The number of pyridine rings is 1. The first-order chi connectivity index (χ1) is 13.5. The van der Waals surface area contributed by atoms with Gasteiger partial charge in [-0.2, -0.15) is 0 Å². The average Bonchev–Trinajstić information content (AvgIpc) is 3.06. The number of fused-ring (bicyclic) bond motifs is 1. The number of benzene rings is 1. The van der Waals surface area contributed by atoms with Crippen molar-refractivity contribution in [2.75, 3.05) is 13.1 Å². The van der Waals surface area contributed by atoms with E-state index in [9.17, 15) is 14.7 Å². The molecule has 0 radical (unpaired) electrons. The van der Waals surface area contributed by atoms with Crippen molar-refractivity contribution in [1.82, 2.24) is 14.9 Å². The van der Waals surface area contributed by atoms with E-state index in [-0.39, 0.29) is 5.92 Å². The molecule has 28 heavy (non-hydrogen) atoms. The molecule has 4 N–H and O–H groups in total. The molecule has 0 unspecified atom stereocenters. The summed E-state index contributed by atoms with van der Waals surface area (Å²) in [5.41, 5.74) is 9.72. The lowest BCUT2D eigenvalue weighted by molar-refractivity contribution is -0.143. The van der Waals surface area contributed by atoms with Crippen LogP contribution in [0.25, 0.3) is 22.2 Å². The second kappa shape index (κ2) is 7.44. The molecule has 144 valence electrons. The van der Waals surface area contributed by atoms with Gasteiger partial charge in [0.1, 0.15) is 5.65 Å². The van der Waals surface area contributed by atoms with Crippen LogP contribution in [0.5, 0.6) is 0 Å². The number of nitrogens with one attached hydrogen (secondary N) is 1. The largest absolute Gasteiger partial charge is 0.481 e. The van der Waals surface area contributed by atoms with E-state index in [1.807, 2.05) is 24.3 Å². The number of piperidine rings is 1. The highest BCUT2D eigenvalue weighted by atomic mass is 16.4. The first-order valence-electron chi connectivity index (χ1n) is 9.34. The quantitative estimate of drug-likeness (QED) is 0.632. The number of carbonyl (C=O) groups is 2. The van der Waals surface area contributed by atoms with E-state index in [2.05, 4.69) is 14.9 Å². The smallest absolute Gasteiger partial charge is 0.306 e. The number of aromatic amines is 1. The number of carboxylic acid groups (broad SMARTS) is 1. The van der Waals surface area contributed by atoms with Gasteiger partial charge in [0.25, 0.3) is 0 Å². The van der Waals surface area contributed by atoms with Gasteiger partial charge in [-0.25, -0.2) is 4.98 Å². The Balaban J connectivity index is 1.66. The van der Waals surface area contributed by atoms with Crippen molar-refractivity contribution < 1.29 is 14.7 Å². The zero-order valence-corrected chi connectivity index (χ0v) is 15.4. The molecule has 1 aromatic carbocycles. The van der Waals surface area contributed by atoms with Crippen LogP contribution in [-0.2, 0) is 11.3 Å². The molecule has 0 spiro atoms. The van der Waals surface area contributed by atoms with Crippen LogP contribution >= 0.6 is 0 Å². The topological polar surface area (TPSA) is 112 Å². The standard InChI is InChI=1S/C21H22N4O3/c22-19(26)14-5-3-13(4-6-14)18-16-2-1-9-23-20(16)24-17(18)12-25-10-7-15(8-11-25)21(27)28/h1-6,9,15H,7-8,10-12H2,(H2,22,26)(H,23,24)(H,27,28). The Morgan fingerprint density at radius 2 is 1.89 bits per heavy atom. The lowest BCUT2D eigenvalue weighted by atomic mass is 9.96. The summed E-state index contributed by atoms with van der Waals surface area (Å²) in [7, 11) is 0. The fraction of sp³-hybridized carbons (Fsp3) is 0.286. The minimum Gasteiger partial charge on any atom is -0.481 e. The zero-order valence-electron chi connectivity index (χ0n) is 15.4. The van der Waals surface area contributed by atoms with Crippen molar-refractivity contribution in [2.24, 2.45) is 11.7 Å². The predicted octanol–water partition coefficient (Wildman–Crippen LogP) is 2.63. The molecule has 1 aliphatic rings. The molecule has 3 heterocycles. The van der Waals surface area contributed by atoms with Gasteiger partial charge in [0.2, 0.25) is 5.91 Å². The van der Waals surface area contributed by atoms with Gasteiger partial charge in [0, 0.05) is 34.9 Å². The maximum atomic E-state index is 11.4. The molecular formula is C21H22N4O3. The molecule has 1 aliphatic heterocycles. The van der Waals surface area contributed by atoms with E-state index in [1.165, 1.54) is 0 Å². The van der Waals surface area contributed by atoms with Gasteiger partial charge in [-0.05, 0) is 55.8 Å². The Hall–Kier alpha value is -3.19. The van der Waals surface area contributed by atoms with Gasteiger partial charge < -0.3 is 15.8 Å². The van der Waals surface area contributed by atoms with Crippen LogP contribution in [0.3, 0.4) is 0 Å². The summed E-state index contributed by atoms with van der Waals surface area (Å²) in [6.07, 6.45) is 3.08. The highest BCUT2D eigenvalue weighted by Gasteiger charge is 2.25. The van der Waals surface area contributed by atoms with Crippen molar-refractivity contribution >= 4 is 22.9 Å². The number of nitrogens with two attached hydrogens (primary N) is 1. The van der Waals surface area contributed by atoms with Crippen molar-refractivity contribution in [2.45, 2.75) is 19.4 Å². The Morgan fingerprint density at radius 3 is 2.54 bits per heavy atom. The lowest BCUT2D eigenvalue weighted by Crippen LogP contribution is -2.36. The highest BCUT2D eigenvalue weighted by Crippen LogP contribution is 2.33. The summed E-state index contributed by atoms with van der Waals surface area (Å²) in [5, 5.41) is 10.2. The maximum absolute atomic E-state index is 11.4. The van der Waals surface area contributed by atoms with E-state index in [4.69, 9.17) is 5.73 Å². The number of primary amides is 1. The van der Waals surface area contributed by atoms with Gasteiger partial charge in [-0.15, -0.1) is 0 Å². The van der Waals surface area contributed by atoms with Gasteiger partial charge in [0.15, 0.2) is 0 Å². The Morgan fingerprint density at radius 1 is 1.18 bits per heavy atom. The Kier molecular flexibility index (Phi) is 4.83. The van der Waals surface area contributed by atoms with Gasteiger partial charge in [-0.1, -0.05) is 12.1 Å². The second-order valence-electron chi connectivity index (χ2n) is 7.21. The molecule has 2 aromatic heterocycles. The lowest BCUT2D eigenvalue weighted by Gasteiger charge is -2.29. The first-order valence-corrected chi connectivity index (χ1v) is 9.34. The summed E-state index contributed by atoms with van der Waals surface area (Å²) >= 11 is 0. The highest BCUT2D eigenvalue weighted by molar-refractivity contribution is 5.97. The third-order valence-electron chi connectivity index (χ3n) is 5.42. The van der Waals surface area contributed by atoms with E-state index in [0.717, 1.165) is 40.9 Å². The second-order valence-corrected chi connectivity index (χ2v) is 7.21. The third-order valence-corrected chi connectivity index (χ3v) is 5.42. The zero-order chi connectivity index (χ0) is 19.7. The molecule has 7 heteroatoms. The van der Waals surface area contributed by atoms with Crippen LogP contribution in [0.15, 0.2) is 42.6 Å². The van der Waals surface area contributed by atoms with Crippen LogP contribution in [0.4, 0.5) is 0 Å². The fourth-order valence-electron chi connectivity index (χ4n) is 3.89. The van der Waals surface area contributed by atoms with Crippen molar-refractivity contribution in [1.29, 1.82) is 0 Å². The fourth-order valence-corrected chi connectivity index (χ4v) is 3.89. The van der Waals surface area contributed by atoms with Crippen LogP contribution in [0.2, 0.25) is 0 Å². The summed E-state index contributed by atoms with van der Waals surface area (Å²) in [4.78, 5) is 32.7. The molecule has 1 saturated heterocycles. The summed E-state index contributed by atoms with van der Waals surface area (Å²) < 4.78 is 0. The Labute approximate surface area is 162 Å². The molecule has 0 bridgehead atoms. The summed E-state index contributed by atoms with van der Waals surface area (Å²) in [5.74, 6) is -1.40. The minimum atomic E-state index is -0.704. The molecule has 7 nitrogen and oxygen atoms in total. The van der Waals surface area contributed by atoms with E-state index >= 15 is 0 Å². The third kappa shape index (κ3) is 3.48. The van der Waals surface area contributed by atoms with Crippen LogP contribution < -0.4 is 5.73 Å². The number of aromatic nitrogens is 2. The van der Waals surface area contributed by atoms with Crippen molar-refractivity contribution in [3.05, 3.63) is 53.9 Å². The number of rotatable bonds is 5. The number of carboxylic acids is 1.